The van der Waals surface area contributed by atoms with Crippen molar-refractivity contribution in [2.45, 2.75) is 32.8 Å². The summed E-state index contributed by atoms with van der Waals surface area (Å²) in [7, 11) is 0. The molecule has 0 fully saturated rings. The maximum Gasteiger partial charge on any atom is 0.256 e. The number of benzene rings is 1. The quantitative estimate of drug-likeness (QED) is 0.794. The Bertz CT molecular complexity index is 540. The zero-order valence-corrected chi connectivity index (χ0v) is 11.4. The Kier molecular flexibility index (Phi) is 3.87. The summed E-state index contributed by atoms with van der Waals surface area (Å²) in [5.74, 6) is 1.88. The van der Waals surface area contributed by atoms with Crippen LogP contribution in [-0.4, -0.2) is 10.2 Å². The standard InChI is InChI=1S/C13H15ClN2O2/c1-8-4-5-9(2)11(6-8)17-10(3)13-16-15-12(7-14)18-13/h4-6,10H,7H2,1-3H3. The Morgan fingerprint density at radius 2 is 2.11 bits per heavy atom. The monoisotopic (exact) mass is 266 g/mol. The zero-order valence-electron chi connectivity index (χ0n) is 10.6. The van der Waals surface area contributed by atoms with E-state index in [0.717, 1.165) is 16.9 Å². The number of alkyl halides is 1. The van der Waals surface area contributed by atoms with Crippen LogP contribution in [0.2, 0.25) is 0 Å². The van der Waals surface area contributed by atoms with Crippen LogP contribution in [-0.2, 0) is 5.88 Å². The summed E-state index contributed by atoms with van der Waals surface area (Å²) in [5, 5.41) is 7.72. The summed E-state index contributed by atoms with van der Waals surface area (Å²) in [5.41, 5.74) is 2.22. The van der Waals surface area contributed by atoms with Crippen molar-refractivity contribution in [3.05, 3.63) is 41.1 Å². The molecule has 1 unspecified atom stereocenters. The molecule has 1 atom stereocenters. The van der Waals surface area contributed by atoms with Gasteiger partial charge in [-0.1, -0.05) is 12.1 Å². The molecule has 4 nitrogen and oxygen atoms in total. The van der Waals surface area contributed by atoms with E-state index in [1.54, 1.807) is 0 Å². The van der Waals surface area contributed by atoms with E-state index < -0.39 is 0 Å². The molecule has 2 rings (SSSR count). The second-order valence-corrected chi connectivity index (χ2v) is 4.46. The Hall–Kier alpha value is -1.55. The number of hydrogen-bond donors (Lipinski definition) is 0. The summed E-state index contributed by atoms with van der Waals surface area (Å²) in [6.45, 7) is 5.89. The number of hydrogen-bond acceptors (Lipinski definition) is 4. The minimum atomic E-state index is -0.296. The van der Waals surface area contributed by atoms with E-state index in [1.807, 2.05) is 39.0 Å². The van der Waals surface area contributed by atoms with Crippen molar-refractivity contribution in [1.29, 1.82) is 0 Å². The van der Waals surface area contributed by atoms with E-state index in [4.69, 9.17) is 20.8 Å². The van der Waals surface area contributed by atoms with Gasteiger partial charge in [0.2, 0.25) is 5.89 Å². The highest BCUT2D eigenvalue weighted by molar-refractivity contribution is 6.16. The van der Waals surface area contributed by atoms with Crippen molar-refractivity contribution in [1.82, 2.24) is 10.2 Å². The van der Waals surface area contributed by atoms with Crippen molar-refractivity contribution >= 4 is 11.6 Å². The van der Waals surface area contributed by atoms with Crippen LogP contribution in [0.15, 0.2) is 22.6 Å². The van der Waals surface area contributed by atoms with Gasteiger partial charge in [-0.15, -0.1) is 21.8 Å². The molecule has 0 aliphatic rings. The van der Waals surface area contributed by atoms with Crippen molar-refractivity contribution in [3.8, 4) is 5.75 Å². The van der Waals surface area contributed by atoms with E-state index in [9.17, 15) is 0 Å². The molecule has 0 radical (unpaired) electrons. The average molecular weight is 267 g/mol. The lowest BCUT2D eigenvalue weighted by atomic mass is 10.1. The van der Waals surface area contributed by atoms with Crippen LogP contribution in [0, 0.1) is 13.8 Å². The first-order valence-corrected chi connectivity index (χ1v) is 6.25. The lowest BCUT2D eigenvalue weighted by molar-refractivity contribution is 0.185. The molecular formula is C13H15ClN2O2. The van der Waals surface area contributed by atoms with E-state index >= 15 is 0 Å². The Labute approximate surface area is 111 Å². The van der Waals surface area contributed by atoms with Gasteiger partial charge in [0.1, 0.15) is 11.6 Å². The molecule has 96 valence electrons. The van der Waals surface area contributed by atoms with Crippen molar-refractivity contribution in [2.75, 3.05) is 0 Å². The van der Waals surface area contributed by atoms with Crippen LogP contribution in [0.25, 0.3) is 0 Å². The maximum atomic E-state index is 5.83. The predicted molar refractivity (Wildman–Crippen MR) is 68.8 cm³/mol. The first kappa shape index (κ1) is 12.9. The fourth-order valence-corrected chi connectivity index (χ4v) is 1.67. The van der Waals surface area contributed by atoms with Crippen LogP contribution in [0.5, 0.6) is 5.75 Å². The van der Waals surface area contributed by atoms with E-state index in [1.165, 1.54) is 0 Å². The molecule has 18 heavy (non-hydrogen) atoms. The SMILES string of the molecule is Cc1ccc(C)c(OC(C)c2nnc(CCl)o2)c1. The normalized spacial score (nSPS) is 12.4. The number of nitrogens with zero attached hydrogens (tertiary/aromatic N) is 2. The van der Waals surface area contributed by atoms with Gasteiger partial charge in [0.05, 0.1) is 0 Å². The minimum Gasteiger partial charge on any atom is -0.481 e. The Morgan fingerprint density at radius 3 is 2.78 bits per heavy atom. The van der Waals surface area contributed by atoms with Crippen LogP contribution in [0.1, 0.15) is 35.9 Å². The lowest BCUT2D eigenvalue weighted by Gasteiger charge is -2.13. The molecule has 0 spiro atoms. The van der Waals surface area contributed by atoms with Crippen molar-refractivity contribution in [3.63, 3.8) is 0 Å². The van der Waals surface area contributed by atoms with Gasteiger partial charge >= 0.3 is 0 Å². The highest BCUT2D eigenvalue weighted by Gasteiger charge is 2.16. The van der Waals surface area contributed by atoms with E-state index in [-0.39, 0.29) is 12.0 Å². The maximum absolute atomic E-state index is 5.83. The molecule has 1 aromatic heterocycles. The summed E-state index contributed by atoms with van der Waals surface area (Å²) in [6, 6.07) is 6.06. The summed E-state index contributed by atoms with van der Waals surface area (Å²) < 4.78 is 11.2. The van der Waals surface area contributed by atoms with E-state index in [2.05, 4.69) is 10.2 Å². The molecule has 1 heterocycles. The van der Waals surface area contributed by atoms with Gasteiger partial charge in [-0.05, 0) is 38.0 Å². The number of rotatable bonds is 4. The van der Waals surface area contributed by atoms with Gasteiger partial charge in [-0.3, -0.25) is 0 Å². The topological polar surface area (TPSA) is 48.2 Å². The smallest absolute Gasteiger partial charge is 0.256 e. The molecule has 2 aromatic rings. The lowest BCUT2D eigenvalue weighted by Crippen LogP contribution is -2.04. The second kappa shape index (κ2) is 5.40. The molecule has 5 heteroatoms. The fourth-order valence-electron chi connectivity index (χ4n) is 1.56. The van der Waals surface area contributed by atoms with Gasteiger partial charge < -0.3 is 9.15 Å². The summed E-state index contributed by atoms with van der Waals surface area (Å²) in [6.07, 6.45) is -0.296. The number of aryl methyl sites for hydroxylation is 2. The van der Waals surface area contributed by atoms with Gasteiger partial charge in [-0.2, -0.15) is 0 Å². The third kappa shape index (κ3) is 2.82. The molecule has 0 amide bonds. The largest absolute Gasteiger partial charge is 0.481 e. The molecule has 0 N–H and O–H groups in total. The van der Waals surface area contributed by atoms with Crippen LogP contribution in [0.3, 0.4) is 0 Å². The Balaban J connectivity index is 2.15. The van der Waals surface area contributed by atoms with Crippen molar-refractivity contribution < 1.29 is 9.15 Å². The van der Waals surface area contributed by atoms with Gasteiger partial charge in [0.25, 0.3) is 5.89 Å². The van der Waals surface area contributed by atoms with Gasteiger partial charge in [0, 0.05) is 0 Å². The molecule has 0 saturated heterocycles. The molecule has 0 aliphatic carbocycles. The first-order valence-electron chi connectivity index (χ1n) is 5.72. The molecule has 1 aromatic carbocycles. The van der Waals surface area contributed by atoms with Crippen LogP contribution in [0.4, 0.5) is 0 Å². The van der Waals surface area contributed by atoms with Gasteiger partial charge in [-0.25, -0.2) is 0 Å². The summed E-state index contributed by atoms with van der Waals surface area (Å²) in [4.78, 5) is 0. The molecular weight excluding hydrogens is 252 g/mol. The van der Waals surface area contributed by atoms with Crippen LogP contribution >= 0.6 is 11.6 Å². The second-order valence-electron chi connectivity index (χ2n) is 4.20. The van der Waals surface area contributed by atoms with Gasteiger partial charge in [0.15, 0.2) is 6.10 Å². The highest BCUT2D eigenvalue weighted by atomic mass is 35.5. The van der Waals surface area contributed by atoms with Crippen LogP contribution < -0.4 is 4.74 Å². The fraction of sp³-hybridized carbons (Fsp3) is 0.385. The minimum absolute atomic E-state index is 0.212. The number of halogens is 1. The molecule has 0 bridgehead atoms. The average Bonchev–Trinajstić information content (AvgIpc) is 2.82. The van der Waals surface area contributed by atoms with Crippen molar-refractivity contribution in [2.24, 2.45) is 0 Å². The number of aromatic nitrogens is 2. The molecule has 0 saturated carbocycles. The number of ether oxygens (including phenoxy) is 1. The third-order valence-electron chi connectivity index (χ3n) is 2.59. The predicted octanol–water partition coefficient (Wildman–Crippen LogP) is 3.57. The first-order chi connectivity index (χ1) is 8.60. The van der Waals surface area contributed by atoms with E-state index in [0.29, 0.717) is 11.8 Å². The zero-order chi connectivity index (χ0) is 13.1. The third-order valence-corrected chi connectivity index (χ3v) is 2.82. The summed E-state index contributed by atoms with van der Waals surface area (Å²) >= 11 is 5.61. The highest BCUT2D eigenvalue weighted by Crippen LogP contribution is 2.25. The molecule has 0 aliphatic heterocycles. The Morgan fingerprint density at radius 1 is 1.33 bits per heavy atom.